The Labute approximate surface area is 204 Å². The number of sulfonamides is 1. The van der Waals surface area contributed by atoms with Gasteiger partial charge in [0.2, 0.25) is 10.0 Å². The minimum Gasteiger partial charge on any atom is -0.376 e. The maximum atomic E-state index is 12.2. The average molecular weight is 499 g/mol. The van der Waals surface area contributed by atoms with Gasteiger partial charge in [-0.15, -0.1) is 0 Å². The number of thioether (sulfide) groups is 1. The zero-order valence-electron chi connectivity index (χ0n) is 18.9. The van der Waals surface area contributed by atoms with E-state index in [4.69, 9.17) is 19.3 Å². The van der Waals surface area contributed by atoms with E-state index in [1.807, 2.05) is 48.5 Å². The summed E-state index contributed by atoms with van der Waals surface area (Å²) in [6, 6.07) is 22.4. The van der Waals surface area contributed by atoms with Gasteiger partial charge in [0.15, 0.2) is 0 Å². The second-order valence-electron chi connectivity index (χ2n) is 7.40. The predicted molar refractivity (Wildman–Crippen MR) is 132 cm³/mol. The van der Waals surface area contributed by atoms with E-state index in [0.717, 1.165) is 21.6 Å². The maximum Gasteiger partial charge on any atom is 0.238 e. The van der Waals surface area contributed by atoms with Crippen molar-refractivity contribution < 1.29 is 22.6 Å². The third kappa shape index (κ3) is 6.67. The lowest BCUT2D eigenvalue weighted by atomic mass is 9.97. The van der Waals surface area contributed by atoms with Crippen LogP contribution in [-0.2, 0) is 30.7 Å². The van der Waals surface area contributed by atoms with Gasteiger partial charge < -0.3 is 14.2 Å². The monoisotopic (exact) mass is 498 g/mol. The molecule has 0 heterocycles. The molecule has 0 aliphatic carbocycles. The van der Waals surface area contributed by atoms with E-state index in [-0.39, 0.29) is 18.1 Å². The summed E-state index contributed by atoms with van der Waals surface area (Å²) < 4.78 is 40.5. The van der Waals surface area contributed by atoms with Crippen LogP contribution in [0.3, 0.4) is 0 Å². The molecule has 0 bridgehead atoms. The lowest BCUT2D eigenvalue weighted by molar-refractivity contribution is -0.00972. The van der Waals surface area contributed by atoms with E-state index < -0.39 is 16.1 Å². The fourth-order valence-corrected chi connectivity index (χ4v) is 5.18. The number of nitriles is 1. The molecule has 3 aromatic carbocycles. The third-order valence-electron chi connectivity index (χ3n) is 5.15. The number of ether oxygens (including phenoxy) is 3. The van der Waals surface area contributed by atoms with E-state index in [9.17, 15) is 13.7 Å². The molecule has 2 N–H and O–H groups in total. The summed E-state index contributed by atoms with van der Waals surface area (Å²) >= 11 is 1.49. The van der Waals surface area contributed by atoms with Gasteiger partial charge in [0, 0.05) is 25.5 Å². The Morgan fingerprint density at radius 2 is 1.79 bits per heavy atom. The van der Waals surface area contributed by atoms with E-state index >= 15 is 0 Å². The van der Waals surface area contributed by atoms with Gasteiger partial charge >= 0.3 is 0 Å². The molecule has 1 atom stereocenters. The van der Waals surface area contributed by atoms with E-state index in [1.54, 1.807) is 20.3 Å². The molecule has 0 radical (unpaired) electrons. The molecule has 0 aromatic heterocycles. The first-order chi connectivity index (χ1) is 16.4. The molecule has 1 unspecified atom stereocenters. The zero-order valence-corrected chi connectivity index (χ0v) is 20.6. The first kappa shape index (κ1) is 25.9. The predicted octanol–water partition coefficient (Wildman–Crippen LogP) is 4.47. The number of nitrogens with two attached hydrogens (primary N) is 1. The molecule has 0 saturated carbocycles. The smallest absolute Gasteiger partial charge is 0.238 e. The first-order valence-corrected chi connectivity index (χ1v) is 12.9. The Bertz CT molecular complexity index is 1260. The van der Waals surface area contributed by atoms with Crippen LogP contribution in [0.5, 0.6) is 0 Å². The van der Waals surface area contributed by atoms with Crippen LogP contribution in [0.25, 0.3) is 11.1 Å². The Balaban J connectivity index is 2.01. The van der Waals surface area contributed by atoms with Crippen molar-refractivity contribution in [2.75, 3.05) is 27.0 Å². The Kier molecular flexibility index (Phi) is 9.24. The summed E-state index contributed by atoms with van der Waals surface area (Å²) in [6.45, 7) is 0.174. The van der Waals surface area contributed by atoms with Crippen LogP contribution in [0, 0.1) is 11.3 Å². The van der Waals surface area contributed by atoms with Crippen LogP contribution in [0.15, 0.2) is 76.5 Å². The summed E-state index contributed by atoms with van der Waals surface area (Å²) in [6.07, 6.45) is -0.265. The van der Waals surface area contributed by atoms with Crippen molar-refractivity contribution in [1.82, 2.24) is 0 Å². The normalized spacial score (nSPS) is 12.3. The minimum atomic E-state index is -3.97. The van der Waals surface area contributed by atoms with E-state index in [2.05, 4.69) is 6.07 Å². The molecule has 3 rings (SSSR count). The van der Waals surface area contributed by atoms with Gasteiger partial charge in [0.25, 0.3) is 0 Å². The molecule has 0 aliphatic heterocycles. The van der Waals surface area contributed by atoms with Crippen molar-refractivity contribution in [2.45, 2.75) is 22.3 Å². The van der Waals surface area contributed by atoms with Crippen LogP contribution in [0.4, 0.5) is 0 Å². The van der Waals surface area contributed by atoms with Gasteiger partial charge in [0.1, 0.15) is 6.79 Å². The molecule has 34 heavy (non-hydrogen) atoms. The molecule has 0 spiro atoms. The molecule has 0 fully saturated rings. The molecular weight excluding hydrogens is 472 g/mol. The zero-order chi connectivity index (χ0) is 24.6. The quantitative estimate of drug-likeness (QED) is 0.236. The van der Waals surface area contributed by atoms with Gasteiger partial charge in [-0.3, -0.25) is 0 Å². The molecule has 3 aromatic rings. The number of primary sulfonamides is 1. The topological polar surface area (TPSA) is 112 Å². The molecule has 7 nitrogen and oxygen atoms in total. The van der Waals surface area contributed by atoms with Gasteiger partial charge in [-0.05, 0) is 46.5 Å². The highest BCUT2D eigenvalue weighted by Crippen LogP contribution is 2.36. The Hall–Kier alpha value is -2.71. The number of methoxy groups -OCH3 is 2. The number of nitrogens with zero attached hydrogens (tertiary/aromatic N) is 1. The van der Waals surface area contributed by atoms with Crippen molar-refractivity contribution in [2.24, 2.45) is 5.14 Å². The van der Waals surface area contributed by atoms with Gasteiger partial charge in [0.05, 0.1) is 28.6 Å². The second kappa shape index (κ2) is 12.1. The molecule has 0 aliphatic rings. The third-order valence-corrected chi connectivity index (χ3v) is 7.11. The van der Waals surface area contributed by atoms with Crippen molar-refractivity contribution >= 4 is 21.8 Å². The summed E-state index contributed by atoms with van der Waals surface area (Å²) in [5.41, 5.74) is 3.74. The molecule has 178 valence electrons. The van der Waals surface area contributed by atoms with Gasteiger partial charge in [-0.1, -0.05) is 54.2 Å². The lowest BCUT2D eigenvalue weighted by Crippen LogP contribution is -2.17. The van der Waals surface area contributed by atoms with Gasteiger partial charge in [-0.2, -0.15) is 5.26 Å². The summed E-state index contributed by atoms with van der Waals surface area (Å²) in [5, 5.41) is 14.7. The van der Waals surface area contributed by atoms with Crippen LogP contribution >= 0.6 is 11.8 Å². The second-order valence-corrected chi connectivity index (χ2v) is 9.89. The summed E-state index contributed by atoms with van der Waals surface area (Å²) in [5.74, 6) is 0.363. The number of rotatable bonds is 11. The average Bonchev–Trinajstić information content (AvgIpc) is 2.85. The van der Waals surface area contributed by atoms with Crippen molar-refractivity contribution in [3.8, 4) is 17.2 Å². The lowest BCUT2D eigenvalue weighted by Gasteiger charge is -2.21. The summed E-state index contributed by atoms with van der Waals surface area (Å²) in [4.78, 5) is 0.907. The fourth-order valence-electron chi connectivity index (χ4n) is 3.56. The van der Waals surface area contributed by atoms with Crippen LogP contribution in [0.1, 0.15) is 22.8 Å². The van der Waals surface area contributed by atoms with Crippen molar-refractivity contribution in [3.63, 3.8) is 0 Å². The van der Waals surface area contributed by atoms with Crippen LogP contribution in [-0.4, -0.2) is 35.4 Å². The van der Waals surface area contributed by atoms with Crippen LogP contribution < -0.4 is 5.14 Å². The van der Waals surface area contributed by atoms with Gasteiger partial charge in [-0.25, -0.2) is 13.6 Å². The van der Waals surface area contributed by atoms with E-state index in [0.29, 0.717) is 17.1 Å². The van der Waals surface area contributed by atoms with Crippen molar-refractivity contribution in [3.05, 3.63) is 83.4 Å². The Morgan fingerprint density at radius 1 is 1.03 bits per heavy atom. The molecule has 9 heteroatoms. The maximum absolute atomic E-state index is 12.2. The van der Waals surface area contributed by atoms with Crippen LogP contribution in [0.2, 0.25) is 0 Å². The van der Waals surface area contributed by atoms with Crippen molar-refractivity contribution in [1.29, 1.82) is 5.26 Å². The summed E-state index contributed by atoms with van der Waals surface area (Å²) in [7, 11) is -0.845. The highest BCUT2D eigenvalue weighted by Gasteiger charge is 2.22. The standard InChI is InChI=1S/C25H26N2O5S2/c1-30-16-32-17-33-24-14-20(19-6-4-3-5-7-19)9-10-22(24)23(31-2)13-21-12-18(15-26)8-11-25(21)34(27,28)29/h3-12,14,23H,13,16-17H2,1-2H3,(H2,27,28,29). The molecule has 0 amide bonds. The number of benzene rings is 3. The molecular formula is C25H26N2O5S2. The Morgan fingerprint density at radius 3 is 2.44 bits per heavy atom. The molecule has 0 saturated heterocycles. The highest BCUT2D eigenvalue weighted by atomic mass is 32.2. The van der Waals surface area contributed by atoms with E-state index in [1.165, 1.54) is 23.9 Å². The minimum absolute atomic E-state index is 0.0212. The fraction of sp³-hybridized carbons (Fsp3) is 0.240. The highest BCUT2D eigenvalue weighted by molar-refractivity contribution is 7.99. The number of hydrogen-bond acceptors (Lipinski definition) is 7. The SMILES string of the molecule is COCOCSc1cc(-c2ccccc2)ccc1C(Cc1cc(C#N)ccc1S(N)(=O)=O)OC. The first-order valence-electron chi connectivity index (χ1n) is 10.3. The number of hydrogen-bond donors (Lipinski definition) is 1. The largest absolute Gasteiger partial charge is 0.376 e.